The van der Waals surface area contributed by atoms with Crippen molar-refractivity contribution in [3.63, 3.8) is 0 Å². The van der Waals surface area contributed by atoms with Crippen molar-refractivity contribution < 1.29 is 9.90 Å². The molecule has 22 heavy (non-hydrogen) atoms. The molecule has 1 aromatic carbocycles. The number of benzene rings is 1. The number of hydrogen-bond acceptors (Lipinski definition) is 2. The maximum atomic E-state index is 10.4. The number of hydrogen-bond donors (Lipinski definition) is 2. The molecule has 0 amide bonds. The Bertz CT molecular complexity index is 658. The first kappa shape index (κ1) is 15.5. The van der Waals surface area contributed by atoms with Crippen molar-refractivity contribution in [2.24, 2.45) is 4.99 Å². The Morgan fingerprint density at radius 2 is 2.00 bits per heavy atom. The topological polar surface area (TPSA) is 65.5 Å². The summed E-state index contributed by atoms with van der Waals surface area (Å²) < 4.78 is 0. The molecular weight excluding hydrogens is 276 g/mol. The molecule has 0 aliphatic carbocycles. The number of H-pyrrole nitrogens is 1. The van der Waals surface area contributed by atoms with Gasteiger partial charge in [-0.05, 0) is 23.8 Å². The zero-order chi connectivity index (χ0) is 15.8. The Morgan fingerprint density at radius 3 is 2.55 bits per heavy atom. The molecule has 2 N–H and O–H groups in total. The largest absolute Gasteiger partial charge is 0.478 e. The lowest BCUT2D eigenvalue weighted by Crippen LogP contribution is -2.01. The molecule has 0 saturated heterocycles. The summed E-state index contributed by atoms with van der Waals surface area (Å²) in [4.78, 5) is 17.8. The van der Waals surface area contributed by atoms with Gasteiger partial charge in [0.1, 0.15) is 0 Å². The molecule has 2 heterocycles. The Balaban J connectivity index is 0.000000160. The second-order valence-electron chi connectivity index (χ2n) is 4.80. The van der Waals surface area contributed by atoms with Crippen molar-refractivity contribution in [2.45, 2.75) is 12.5 Å². The van der Waals surface area contributed by atoms with Gasteiger partial charge in [-0.2, -0.15) is 0 Å². The molecule has 0 bridgehead atoms. The van der Waals surface area contributed by atoms with Gasteiger partial charge in [-0.3, -0.25) is 4.99 Å². The lowest BCUT2D eigenvalue weighted by Gasteiger charge is -2.00. The van der Waals surface area contributed by atoms with E-state index in [1.807, 2.05) is 30.6 Å². The van der Waals surface area contributed by atoms with Gasteiger partial charge in [-0.25, -0.2) is 4.79 Å². The smallest absolute Gasteiger partial charge is 0.335 e. The van der Waals surface area contributed by atoms with Crippen LogP contribution in [0.2, 0.25) is 0 Å². The highest BCUT2D eigenvalue weighted by molar-refractivity contribution is 6.14. The van der Waals surface area contributed by atoms with E-state index in [4.69, 9.17) is 5.11 Å². The molecule has 1 aromatic heterocycles. The summed E-state index contributed by atoms with van der Waals surface area (Å²) in [5.41, 5.74) is 2.03. The lowest BCUT2D eigenvalue weighted by molar-refractivity contribution is -0.130. The summed E-state index contributed by atoms with van der Waals surface area (Å²) in [6, 6.07) is 13.3. The fourth-order valence-electron chi connectivity index (χ4n) is 1.99. The Kier molecular flexibility index (Phi) is 5.49. The maximum Gasteiger partial charge on any atom is 0.335 e. The number of allylic oxidation sites excluding steroid dienone is 1. The average molecular weight is 294 g/mol. The van der Waals surface area contributed by atoms with Crippen LogP contribution in [0.1, 0.15) is 11.3 Å². The quantitative estimate of drug-likeness (QED) is 0.849. The van der Waals surface area contributed by atoms with Gasteiger partial charge in [0.15, 0.2) is 0 Å². The number of nitrogens with one attached hydrogen (secondary N) is 1. The van der Waals surface area contributed by atoms with E-state index in [0.29, 0.717) is 11.6 Å². The van der Waals surface area contributed by atoms with Gasteiger partial charge in [-0.15, -0.1) is 0 Å². The first-order valence-electron chi connectivity index (χ1n) is 6.96. The van der Waals surface area contributed by atoms with Crippen LogP contribution >= 0.6 is 0 Å². The number of nitrogens with zero attached hydrogens (tertiary/aromatic N) is 1. The number of carboxylic acids is 1. The highest BCUT2D eigenvalue weighted by Crippen LogP contribution is 2.10. The van der Waals surface area contributed by atoms with Crippen LogP contribution in [0.4, 0.5) is 0 Å². The van der Waals surface area contributed by atoms with Crippen molar-refractivity contribution in [1.29, 1.82) is 0 Å². The fraction of sp³-hybridized carbons (Fsp3) is 0.111. The number of rotatable bonds is 4. The van der Waals surface area contributed by atoms with Gasteiger partial charge in [0, 0.05) is 24.5 Å². The minimum Gasteiger partial charge on any atom is -0.478 e. The average Bonchev–Trinajstić information content (AvgIpc) is 3.22. The summed E-state index contributed by atoms with van der Waals surface area (Å²) in [6.07, 6.45) is 8.89. The van der Waals surface area contributed by atoms with Gasteiger partial charge >= 0.3 is 5.97 Å². The molecule has 0 radical (unpaired) electrons. The van der Waals surface area contributed by atoms with E-state index in [2.05, 4.69) is 28.7 Å². The number of aromatic nitrogens is 1. The third kappa shape index (κ3) is 4.59. The van der Waals surface area contributed by atoms with Crippen LogP contribution in [-0.4, -0.2) is 28.3 Å². The molecule has 1 aliphatic rings. The Labute approximate surface area is 129 Å². The predicted octanol–water partition coefficient (Wildman–Crippen LogP) is 3.35. The third-order valence-electron chi connectivity index (χ3n) is 3.17. The minimum absolute atomic E-state index is 0.130. The number of aliphatic imine (C=N–C) groups is 1. The van der Waals surface area contributed by atoms with Crippen LogP contribution < -0.4 is 0 Å². The number of carbonyl (C=O) groups is 1. The molecule has 1 aliphatic heterocycles. The summed E-state index contributed by atoms with van der Waals surface area (Å²) in [7, 11) is 0. The van der Waals surface area contributed by atoms with E-state index in [1.54, 1.807) is 24.3 Å². The van der Waals surface area contributed by atoms with E-state index >= 15 is 0 Å². The summed E-state index contributed by atoms with van der Waals surface area (Å²) in [5.74, 6) is -0.976. The van der Waals surface area contributed by atoms with E-state index in [1.165, 1.54) is 5.69 Å². The van der Waals surface area contributed by atoms with Gasteiger partial charge in [0.05, 0.1) is 11.6 Å². The van der Waals surface area contributed by atoms with Crippen molar-refractivity contribution in [3.8, 4) is 0 Å². The minimum atomic E-state index is -0.976. The van der Waals surface area contributed by atoms with Crippen LogP contribution in [-0.2, 0) is 11.2 Å². The highest BCUT2D eigenvalue weighted by Gasteiger charge is 2.05. The second kappa shape index (κ2) is 7.78. The Hall–Kier alpha value is -2.88. The summed E-state index contributed by atoms with van der Waals surface area (Å²) >= 11 is 0. The van der Waals surface area contributed by atoms with Crippen LogP contribution in [0, 0.1) is 0 Å². The first-order chi connectivity index (χ1) is 10.7. The van der Waals surface area contributed by atoms with Crippen molar-refractivity contribution in [1.82, 2.24) is 4.98 Å². The molecule has 1 unspecified atom stereocenters. The first-order valence-corrected chi connectivity index (χ1v) is 6.96. The molecule has 0 saturated carbocycles. The van der Waals surface area contributed by atoms with Crippen molar-refractivity contribution in [2.75, 3.05) is 0 Å². The van der Waals surface area contributed by atoms with Gasteiger partial charge in [0.25, 0.3) is 0 Å². The zero-order valence-electron chi connectivity index (χ0n) is 12.1. The number of aromatic amines is 1. The Morgan fingerprint density at radius 1 is 1.23 bits per heavy atom. The monoisotopic (exact) mass is 294 g/mol. The molecule has 4 nitrogen and oxygen atoms in total. The summed E-state index contributed by atoms with van der Waals surface area (Å²) in [6.45, 7) is 3.42. The fourth-order valence-corrected chi connectivity index (χ4v) is 1.99. The van der Waals surface area contributed by atoms with Crippen molar-refractivity contribution in [3.05, 3.63) is 78.6 Å². The third-order valence-corrected chi connectivity index (χ3v) is 3.17. The van der Waals surface area contributed by atoms with Crippen LogP contribution in [0.15, 0.2) is 72.4 Å². The molecule has 1 atom stereocenters. The van der Waals surface area contributed by atoms with E-state index < -0.39 is 5.97 Å². The standard InChI is InChI=1S/C9H10N2.C9H8O2/c1-3-8(10-5-1)7-9-4-2-6-11-9;1-7(9(10)11)8-5-3-2-4-6-8/h1-6,8,11H,7H2;2-6H,1H2,(H,10,11). The van der Waals surface area contributed by atoms with Gasteiger partial charge in [-0.1, -0.05) is 43.0 Å². The lowest BCUT2D eigenvalue weighted by atomic mass is 10.1. The predicted molar refractivity (Wildman–Crippen MR) is 89.0 cm³/mol. The van der Waals surface area contributed by atoms with Crippen LogP contribution in [0.25, 0.3) is 5.57 Å². The molecule has 0 spiro atoms. The number of aliphatic carboxylic acids is 1. The molecule has 112 valence electrons. The molecule has 3 rings (SSSR count). The van der Waals surface area contributed by atoms with E-state index in [9.17, 15) is 4.79 Å². The number of carboxylic acid groups (broad SMARTS) is 1. The van der Waals surface area contributed by atoms with E-state index in [-0.39, 0.29) is 5.57 Å². The van der Waals surface area contributed by atoms with Gasteiger partial charge in [0.2, 0.25) is 0 Å². The van der Waals surface area contributed by atoms with Gasteiger partial charge < -0.3 is 10.1 Å². The molecule has 4 heteroatoms. The maximum absolute atomic E-state index is 10.4. The zero-order valence-corrected chi connectivity index (χ0v) is 12.1. The van der Waals surface area contributed by atoms with Crippen molar-refractivity contribution >= 4 is 17.8 Å². The molecule has 0 fully saturated rings. The second-order valence-corrected chi connectivity index (χ2v) is 4.80. The molecular formula is C18H18N2O2. The van der Waals surface area contributed by atoms with E-state index in [0.717, 1.165) is 6.42 Å². The molecule has 2 aromatic rings. The van der Waals surface area contributed by atoms with Crippen LogP contribution in [0.5, 0.6) is 0 Å². The SMILES string of the molecule is C1=CC(Cc2ccc[nH]2)N=C1.C=C(C(=O)O)c1ccccc1. The van der Waals surface area contributed by atoms with Crippen LogP contribution in [0.3, 0.4) is 0 Å². The summed E-state index contributed by atoms with van der Waals surface area (Å²) in [5, 5.41) is 8.54. The highest BCUT2D eigenvalue weighted by atomic mass is 16.4. The normalized spacial score (nSPS) is 15.2.